The molecule has 0 aliphatic carbocycles. The third kappa shape index (κ3) is 1.35. The number of amides is 1. The van der Waals surface area contributed by atoms with Gasteiger partial charge in [-0.15, -0.1) is 0 Å². The zero-order chi connectivity index (χ0) is 11.1. The van der Waals surface area contributed by atoms with Crippen LogP contribution in [-0.4, -0.2) is 25.0 Å². The van der Waals surface area contributed by atoms with Crippen LogP contribution in [-0.2, 0) is 11.2 Å². The number of hydrogen-bond acceptors (Lipinski definition) is 2. The van der Waals surface area contributed by atoms with Crippen molar-refractivity contribution in [2.24, 2.45) is 0 Å². The molecule has 2 heterocycles. The molecule has 16 heavy (non-hydrogen) atoms. The fourth-order valence-corrected chi connectivity index (χ4v) is 2.83. The van der Waals surface area contributed by atoms with Crippen LogP contribution in [0.5, 0.6) is 0 Å². The van der Waals surface area contributed by atoms with Crippen LogP contribution >= 0.6 is 0 Å². The number of carbonyl (C=O) groups excluding carboxylic acids is 1. The summed E-state index contributed by atoms with van der Waals surface area (Å²) in [5.74, 6) is 0.262. The zero-order valence-corrected chi connectivity index (χ0v) is 9.49. The summed E-state index contributed by atoms with van der Waals surface area (Å²) >= 11 is 0. The third-order valence-electron chi connectivity index (χ3n) is 3.57. The molecule has 0 radical (unpaired) electrons. The van der Waals surface area contributed by atoms with Gasteiger partial charge in [0.15, 0.2) is 0 Å². The fraction of sp³-hybridized carbons (Fsp3) is 0.462. The number of rotatable bonds is 1. The van der Waals surface area contributed by atoms with E-state index in [9.17, 15) is 4.79 Å². The first-order chi connectivity index (χ1) is 7.77. The van der Waals surface area contributed by atoms with E-state index in [0.29, 0.717) is 12.5 Å². The van der Waals surface area contributed by atoms with E-state index in [1.165, 1.54) is 16.8 Å². The summed E-state index contributed by atoms with van der Waals surface area (Å²) in [6.07, 6.45) is 1.65. The highest BCUT2D eigenvalue weighted by molar-refractivity contribution is 6.02. The standard InChI is InChI=1S/C13H16N2O/c1-9-3-2-4-10-7-12(16)15(13(9)10)11-5-6-14-8-11/h2-4,11,14H,5-8H2,1H3. The van der Waals surface area contributed by atoms with Crippen molar-refractivity contribution in [1.82, 2.24) is 5.32 Å². The number of nitrogens with zero attached hydrogens (tertiary/aromatic N) is 1. The molecule has 84 valence electrons. The van der Waals surface area contributed by atoms with Crippen LogP contribution < -0.4 is 10.2 Å². The molecule has 1 aromatic rings. The monoisotopic (exact) mass is 216 g/mol. The van der Waals surface area contributed by atoms with E-state index >= 15 is 0 Å². The predicted molar refractivity (Wildman–Crippen MR) is 63.6 cm³/mol. The van der Waals surface area contributed by atoms with E-state index in [2.05, 4.69) is 24.4 Å². The molecule has 1 aromatic carbocycles. The summed E-state index contributed by atoms with van der Waals surface area (Å²) < 4.78 is 0. The number of carbonyl (C=O) groups is 1. The summed E-state index contributed by atoms with van der Waals surface area (Å²) in [5.41, 5.74) is 3.58. The van der Waals surface area contributed by atoms with Crippen LogP contribution in [0.25, 0.3) is 0 Å². The van der Waals surface area contributed by atoms with Gasteiger partial charge in [0.25, 0.3) is 0 Å². The second-order valence-electron chi connectivity index (χ2n) is 4.67. The largest absolute Gasteiger partial charge is 0.315 e. The minimum absolute atomic E-state index is 0.262. The van der Waals surface area contributed by atoms with Crippen LogP contribution in [0.3, 0.4) is 0 Å². The molecule has 1 fully saturated rings. The van der Waals surface area contributed by atoms with Gasteiger partial charge in [0, 0.05) is 6.54 Å². The second kappa shape index (κ2) is 3.59. The lowest BCUT2D eigenvalue weighted by molar-refractivity contribution is -0.117. The lowest BCUT2D eigenvalue weighted by Crippen LogP contribution is -2.39. The topological polar surface area (TPSA) is 32.3 Å². The van der Waals surface area contributed by atoms with Gasteiger partial charge in [-0.05, 0) is 31.0 Å². The van der Waals surface area contributed by atoms with E-state index < -0.39 is 0 Å². The lowest BCUT2D eigenvalue weighted by atomic mass is 10.1. The average molecular weight is 216 g/mol. The van der Waals surface area contributed by atoms with Gasteiger partial charge in [-0.2, -0.15) is 0 Å². The van der Waals surface area contributed by atoms with Gasteiger partial charge in [-0.25, -0.2) is 0 Å². The lowest BCUT2D eigenvalue weighted by Gasteiger charge is -2.25. The number of fused-ring (bicyclic) bond motifs is 1. The number of hydrogen-bond donors (Lipinski definition) is 1. The van der Waals surface area contributed by atoms with Crippen LogP contribution in [0.2, 0.25) is 0 Å². The SMILES string of the molecule is Cc1cccc2c1N(C1CCNC1)C(=O)C2. The zero-order valence-electron chi connectivity index (χ0n) is 9.49. The van der Waals surface area contributed by atoms with Crippen molar-refractivity contribution in [3.63, 3.8) is 0 Å². The molecule has 0 bridgehead atoms. The van der Waals surface area contributed by atoms with Crippen molar-refractivity contribution in [1.29, 1.82) is 0 Å². The van der Waals surface area contributed by atoms with Crippen LogP contribution in [0.1, 0.15) is 17.5 Å². The minimum Gasteiger partial charge on any atom is -0.315 e. The van der Waals surface area contributed by atoms with Gasteiger partial charge >= 0.3 is 0 Å². The second-order valence-corrected chi connectivity index (χ2v) is 4.67. The van der Waals surface area contributed by atoms with E-state index in [0.717, 1.165) is 19.5 Å². The summed E-state index contributed by atoms with van der Waals surface area (Å²) in [4.78, 5) is 14.1. The van der Waals surface area contributed by atoms with Crippen molar-refractivity contribution in [2.75, 3.05) is 18.0 Å². The maximum Gasteiger partial charge on any atom is 0.231 e. The molecular weight excluding hydrogens is 200 g/mol. The highest BCUT2D eigenvalue weighted by atomic mass is 16.2. The van der Waals surface area contributed by atoms with Gasteiger partial charge in [0.05, 0.1) is 18.2 Å². The molecule has 0 saturated carbocycles. The normalized spacial score (nSPS) is 23.9. The molecule has 3 rings (SSSR count). The van der Waals surface area contributed by atoms with Gasteiger partial charge in [-0.1, -0.05) is 18.2 Å². The molecule has 1 atom stereocenters. The first-order valence-electron chi connectivity index (χ1n) is 5.88. The Morgan fingerprint density at radius 2 is 2.31 bits per heavy atom. The summed E-state index contributed by atoms with van der Waals surface area (Å²) in [6, 6.07) is 6.56. The van der Waals surface area contributed by atoms with E-state index in [-0.39, 0.29) is 5.91 Å². The van der Waals surface area contributed by atoms with E-state index in [1.807, 2.05) is 11.0 Å². The molecule has 1 unspecified atom stereocenters. The van der Waals surface area contributed by atoms with Gasteiger partial charge in [-0.3, -0.25) is 4.79 Å². The van der Waals surface area contributed by atoms with Crippen LogP contribution in [0.15, 0.2) is 18.2 Å². The Balaban J connectivity index is 2.04. The highest BCUT2D eigenvalue weighted by Crippen LogP contribution is 2.34. The number of benzene rings is 1. The maximum atomic E-state index is 12.1. The molecule has 0 aromatic heterocycles. The fourth-order valence-electron chi connectivity index (χ4n) is 2.83. The van der Waals surface area contributed by atoms with Crippen molar-refractivity contribution in [2.45, 2.75) is 25.8 Å². The Bertz CT molecular complexity index is 436. The molecule has 0 spiro atoms. The van der Waals surface area contributed by atoms with Crippen molar-refractivity contribution in [3.05, 3.63) is 29.3 Å². The van der Waals surface area contributed by atoms with Crippen LogP contribution in [0, 0.1) is 6.92 Å². The minimum atomic E-state index is 0.262. The molecule has 3 nitrogen and oxygen atoms in total. The number of aryl methyl sites for hydroxylation is 1. The molecule has 1 N–H and O–H groups in total. The van der Waals surface area contributed by atoms with Gasteiger partial charge in [0.1, 0.15) is 0 Å². The molecular formula is C13H16N2O. The Hall–Kier alpha value is -1.35. The first-order valence-corrected chi connectivity index (χ1v) is 5.88. The Morgan fingerprint density at radius 1 is 1.44 bits per heavy atom. The predicted octanol–water partition coefficient (Wildman–Crippen LogP) is 1.25. The summed E-state index contributed by atoms with van der Waals surface area (Å²) in [7, 11) is 0. The Kier molecular flexibility index (Phi) is 2.21. The highest BCUT2D eigenvalue weighted by Gasteiger charge is 2.35. The first kappa shape index (κ1) is 9.85. The smallest absolute Gasteiger partial charge is 0.231 e. The Morgan fingerprint density at radius 3 is 3.06 bits per heavy atom. The van der Waals surface area contributed by atoms with Crippen molar-refractivity contribution in [3.8, 4) is 0 Å². The van der Waals surface area contributed by atoms with E-state index in [1.54, 1.807) is 0 Å². The van der Waals surface area contributed by atoms with Crippen molar-refractivity contribution >= 4 is 11.6 Å². The summed E-state index contributed by atoms with van der Waals surface area (Å²) in [6.45, 7) is 4.04. The number of para-hydroxylation sites is 1. The van der Waals surface area contributed by atoms with Gasteiger partial charge in [0.2, 0.25) is 5.91 Å². The Labute approximate surface area is 95.4 Å². The summed E-state index contributed by atoms with van der Waals surface area (Å²) in [5, 5.41) is 3.33. The number of nitrogens with one attached hydrogen (secondary N) is 1. The molecule has 2 aliphatic heterocycles. The third-order valence-corrected chi connectivity index (χ3v) is 3.57. The number of anilines is 1. The molecule has 3 heteroatoms. The molecule has 1 saturated heterocycles. The molecule has 1 amide bonds. The van der Waals surface area contributed by atoms with Crippen LogP contribution in [0.4, 0.5) is 5.69 Å². The van der Waals surface area contributed by atoms with Crippen molar-refractivity contribution < 1.29 is 4.79 Å². The molecule has 2 aliphatic rings. The van der Waals surface area contributed by atoms with E-state index in [4.69, 9.17) is 0 Å². The maximum absolute atomic E-state index is 12.1. The van der Waals surface area contributed by atoms with Gasteiger partial charge < -0.3 is 10.2 Å². The average Bonchev–Trinajstić information content (AvgIpc) is 2.84. The quantitative estimate of drug-likeness (QED) is 0.766.